The van der Waals surface area contributed by atoms with E-state index in [0.717, 1.165) is 44.6 Å². The molecule has 190 valence electrons. The van der Waals surface area contributed by atoms with Crippen LogP contribution in [0, 0.1) is 5.82 Å². The van der Waals surface area contributed by atoms with Gasteiger partial charge in [-0.15, -0.1) is 0 Å². The molecule has 9 heteroatoms. The first-order valence-electron chi connectivity index (χ1n) is 12.6. The van der Waals surface area contributed by atoms with Crippen LogP contribution in [0.25, 0.3) is 11.0 Å². The zero-order chi connectivity index (χ0) is 24.6. The van der Waals surface area contributed by atoms with Gasteiger partial charge in [-0.05, 0) is 65.0 Å². The summed E-state index contributed by atoms with van der Waals surface area (Å²) in [5, 5.41) is 0. The number of halogens is 1. The van der Waals surface area contributed by atoms with E-state index >= 15 is 4.39 Å². The Kier molecular flexibility index (Phi) is 6.57. The van der Waals surface area contributed by atoms with E-state index in [0.29, 0.717) is 49.4 Å². The van der Waals surface area contributed by atoms with Crippen LogP contribution in [0.1, 0.15) is 52.0 Å². The molecular weight excluding hydrogens is 451 g/mol. The van der Waals surface area contributed by atoms with Crippen molar-refractivity contribution in [2.45, 2.75) is 70.1 Å². The molecule has 6 rings (SSSR count). The Labute approximate surface area is 205 Å². The normalized spacial score (nSPS) is 24.6. The molecule has 3 aliphatic heterocycles. The number of morpholine rings is 1. The molecule has 2 aromatic heterocycles. The molecule has 35 heavy (non-hydrogen) atoms. The van der Waals surface area contributed by atoms with Gasteiger partial charge in [0.1, 0.15) is 17.2 Å². The molecule has 4 aliphatic rings. The highest BCUT2D eigenvalue weighted by Gasteiger charge is 2.48. The third kappa shape index (κ3) is 5.07. The summed E-state index contributed by atoms with van der Waals surface area (Å²) in [5.41, 5.74) is 0.617. The Bertz CT molecular complexity index is 1060. The first kappa shape index (κ1) is 24.2. The monoisotopic (exact) mass is 486 g/mol. The van der Waals surface area contributed by atoms with Gasteiger partial charge in [0.2, 0.25) is 0 Å². The molecule has 2 bridgehead atoms. The predicted octanol–water partition coefficient (Wildman–Crippen LogP) is 4.10. The zero-order valence-corrected chi connectivity index (χ0v) is 20.9. The van der Waals surface area contributed by atoms with Crippen LogP contribution >= 0.6 is 0 Å². The molecule has 3 saturated heterocycles. The fourth-order valence-electron chi connectivity index (χ4n) is 5.41. The van der Waals surface area contributed by atoms with Gasteiger partial charge in [0.05, 0.1) is 48.7 Å². The lowest BCUT2D eigenvalue weighted by Crippen LogP contribution is -2.61. The molecule has 1 amide bonds. The zero-order valence-electron chi connectivity index (χ0n) is 20.9. The maximum absolute atomic E-state index is 15.1. The van der Waals surface area contributed by atoms with E-state index in [1.807, 2.05) is 32.9 Å². The third-order valence-electron chi connectivity index (χ3n) is 7.31. The van der Waals surface area contributed by atoms with Crippen molar-refractivity contribution >= 4 is 22.9 Å². The number of anilines is 1. The highest BCUT2D eigenvalue weighted by Crippen LogP contribution is 2.41. The van der Waals surface area contributed by atoms with Crippen molar-refractivity contribution in [3.05, 3.63) is 29.7 Å². The van der Waals surface area contributed by atoms with Crippen molar-refractivity contribution in [2.75, 3.05) is 44.4 Å². The van der Waals surface area contributed by atoms with Crippen molar-refractivity contribution in [2.24, 2.45) is 0 Å². The topological polar surface area (TPSA) is 77.0 Å². The summed E-state index contributed by atoms with van der Waals surface area (Å²) in [6.07, 6.45) is 5.07. The first-order chi connectivity index (χ1) is 16.7. The lowest BCUT2D eigenvalue weighted by atomic mass is 9.77. The molecule has 8 nitrogen and oxygen atoms in total. The van der Waals surface area contributed by atoms with E-state index in [9.17, 15) is 4.79 Å². The average molecular weight is 487 g/mol. The van der Waals surface area contributed by atoms with Crippen LogP contribution in [-0.2, 0) is 20.6 Å². The second-order valence-electron chi connectivity index (χ2n) is 10.8. The summed E-state index contributed by atoms with van der Waals surface area (Å²) >= 11 is 0. The lowest BCUT2D eigenvalue weighted by Gasteiger charge is -2.52. The fraction of sp³-hybridized carbons (Fsp3) is 0.654. The SMILES string of the molecule is CC(C)(C)OC(=O)N(CCc1c(F)cnc2ccc(N3CCOCC3)nc12)C12CCC(CC1)OC2. The predicted molar refractivity (Wildman–Crippen MR) is 130 cm³/mol. The smallest absolute Gasteiger partial charge is 0.410 e. The van der Waals surface area contributed by atoms with Gasteiger partial charge < -0.3 is 19.1 Å². The molecular formula is C26H35FN4O4. The van der Waals surface area contributed by atoms with E-state index in [4.69, 9.17) is 19.2 Å². The molecule has 4 fully saturated rings. The number of nitrogens with zero attached hydrogens (tertiary/aromatic N) is 4. The summed E-state index contributed by atoms with van der Waals surface area (Å²) in [6.45, 7) is 9.18. The number of ether oxygens (including phenoxy) is 3. The summed E-state index contributed by atoms with van der Waals surface area (Å²) in [6, 6.07) is 3.81. The number of fused-ring (bicyclic) bond motifs is 4. The maximum Gasteiger partial charge on any atom is 0.410 e. The van der Waals surface area contributed by atoms with E-state index in [1.165, 1.54) is 6.20 Å². The second kappa shape index (κ2) is 9.50. The number of hydrogen-bond acceptors (Lipinski definition) is 7. The molecule has 5 heterocycles. The van der Waals surface area contributed by atoms with Crippen molar-refractivity contribution < 1.29 is 23.4 Å². The molecule has 0 radical (unpaired) electrons. The molecule has 0 atom stereocenters. The first-order valence-corrected chi connectivity index (χ1v) is 12.6. The number of aromatic nitrogens is 2. The largest absolute Gasteiger partial charge is 0.444 e. The number of carbonyl (C=O) groups excluding carboxylic acids is 1. The van der Waals surface area contributed by atoms with Crippen LogP contribution in [0.3, 0.4) is 0 Å². The van der Waals surface area contributed by atoms with Crippen LogP contribution in [0.15, 0.2) is 18.3 Å². The van der Waals surface area contributed by atoms with Crippen LogP contribution in [0.5, 0.6) is 0 Å². The van der Waals surface area contributed by atoms with E-state index < -0.39 is 17.0 Å². The Hall–Kier alpha value is -2.52. The summed E-state index contributed by atoms with van der Waals surface area (Å²) in [4.78, 5) is 26.4. The second-order valence-corrected chi connectivity index (χ2v) is 10.8. The Morgan fingerprint density at radius 2 is 2.00 bits per heavy atom. The Morgan fingerprint density at radius 1 is 1.26 bits per heavy atom. The Morgan fingerprint density at radius 3 is 2.66 bits per heavy atom. The van der Waals surface area contributed by atoms with Crippen LogP contribution in [0.2, 0.25) is 0 Å². The van der Waals surface area contributed by atoms with Crippen molar-refractivity contribution in [1.82, 2.24) is 14.9 Å². The minimum Gasteiger partial charge on any atom is -0.444 e. The van der Waals surface area contributed by atoms with Gasteiger partial charge in [0.15, 0.2) is 0 Å². The molecule has 1 saturated carbocycles. The summed E-state index contributed by atoms with van der Waals surface area (Å²) < 4.78 is 32.4. The summed E-state index contributed by atoms with van der Waals surface area (Å²) in [7, 11) is 0. The standard InChI is InChI=1S/C26H35FN4O4/c1-25(2,3)35-24(32)31(26-9-6-18(7-10-26)34-17-26)11-8-19-20(27)16-28-21-4-5-22(29-23(19)21)30-12-14-33-15-13-30/h4-5,16,18H,6-15,17H2,1-3H3. The number of rotatable bonds is 5. The number of amides is 1. The van der Waals surface area contributed by atoms with Gasteiger partial charge >= 0.3 is 6.09 Å². The molecule has 2 aromatic rings. The van der Waals surface area contributed by atoms with Crippen LogP contribution in [-0.4, -0.2) is 77.7 Å². The van der Waals surface area contributed by atoms with Gasteiger partial charge in [-0.1, -0.05) is 0 Å². The van der Waals surface area contributed by atoms with Crippen LogP contribution in [0.4, 0.5) is 15.0 Å². The molecule has 0 unspecified atom stereocenters. The van der Waals surface area contributed by atoms with E-state index in [-0.39, 0.29) is 12.2 Å². The summed E-state index contributed by atoms with van der Waals surface area (Å²) in [5.74, 6) is 0.380. The Balaban J connectivity index is 1.44. The molecule has 1 aliphatic carbocycles. The third-order valence-corrected chi connectivity index (χ3v) is 7.31. The average Bonchev–Trinajstić information content (AvgIpc) is 2.85. The van der Waals surface area contributed by atoms with Gasteiger partial charge in [-0.3, -0.25) is 9.88 Å². The maximum atomic E-state index is 15.1. The van der Waals surface area contributed by atoms with Crippen molar-refractivity contribution in [1.29, 1.82) is 0 Å². The van der Waals surface area contributed by atoms with Crippen LogP contribution < -0.4 is 4.90 Å². The highest BCUT2D eigenvalue weighted by atomic mass is 19.1. The van der Waals surface area contributed by atoms with E-state index in [2.05, 4.69) is 9.88 Å². The van der Waals surface area contributed by atoms with E-state index in [1.54, 1.807) is 4.90 Å². The number of carbonyl (C=O) groups is 1. The molecule has 0 N–H and O–H groups in total. The number of pyridine rings is 2. The fourth-order valence-corrected chi connectivity index (χ4v) is 5.41. The minimum atomic E-state index is -0.623. The molecule has 0 aromatic carbocycles. The van der Waals surface area contributed by atoms with Gasteiger partial charge in [0.25, 0.3) is 0 Å². The highest BCUT2D eigenvalue weighted by molar-refractivity contribution is 5.80. The van der Waals surface area contributed by atoms with Crippen molar-refractivity contribution in [3.8, 4) is 0 Å². The molecule has 0 spiro atoms. The van der Waals surface area contributed by atoms with Gasteiger partial charge in [-0.25, -0.2) is 14.2 Å². The number of hydrogen-bond donors (Lipinski definition) is 0. The van der Waals surface area contributed by atoms with Crippen molar-refractivity contribution in [3.63, 3.8) is 0 Å². The quantitative estimate of drug-likeness (QED) is 0.630. The van der Waals surface area contributed by atoms with Gasteiger partial charge in [0, 0.05) is 25.2 Å². The van der Waals surface area contributed by atoms with Gasteiger partial charge in [-0.2, -0.15) is 0 Å². The minimum absolute atomic E-state index is 0.279. The lowest BCUT2D eigenvalue weighted by molar-refractivity contribution is -0.132.